The predicted molar refractivity (Wildman–Crippen MR) is 86.9 cm³/mol. The van der Waals surface area contributed by atoms with Crippen LogP contribution in [0.4, 0.5) is 0 Å². The minimum atomic E-state index is -0.636. The van der Waals surface area contributed by atoms with Crippen LogP contribution in [0.25, 0.3) is 0 Å². The van der Waals surface area contributed by atoms with Gasteiger partial charge in [-0.15, -0.1) is 6.58 Å². The van der Waals surface area contributed by atoms with Gasteiger partial charge in [0.15, 0.2) is 0 Å². The third kappa shape index (κ3) is 3.02. The Balaban J connectivity index is 2.41. The molecule has 1 unspecified atom stereocenters. The lowest BCUT2D eigenvalue weighted by Gasteiger charge is -2.44. The molecule has 1 atom stereocenters. The fraction of sp³-hybridized carbons (Fsp3) is 0.500. The van der Waals surface area contributed by atoms with Gasteiger partial charge < -0.3 is 9.84 Å². The Labute approximate surface area is 132 Å². The highest BCUT2D eigenvalue weighted by Gasteiger charge is 2.46. The first-order valence-corrected chi connectivity index (χ1v) is 7.82. The first-order valence-electron chi connectivity index (χ1n) is 7.82. The van der Waals surface area contributed by atoms with Crippen LogP contribution < -0.4 is 0 Å². The van der Waals surface area contributed by atoms with E-state index in [0.29, 0.717) is 19.4 Å². The highest BCUT2D eigenvalue weighted by Crippen LogP contribution is 2.36. The molecule has 120 valence electrons. The van der Waals surface area contributed by atoms with Crippen molar-refractivity contribution in [3.05, 3.63) is 42.0 Å². The maximum atomic E-state index is 12.6. The lowest BCUT2D eigenvalue weighted by molar-refractivity contribution is -0.156. The Morgan fingerprint density at radius 2 is 2.27 bits per heavy atom. The number of rotatable bonds is 6. The van der Waals surface area contributed by atoms with Gasteiger partial charge in [-0.25, -0.2) is 0 Å². The van der Waals surface area contributed by atoms with Crippen molar-refractivity contribution in [2.45, 2.75) is 38.1 Å². The van der Waals surface area contributed by atoms with Crippen LogP contribution in [0.3, 0.4) is 0 Å². The molecular weight excluding hydrogens is 278 g/mol. The number of hydrogen-bond acceptors (Lipinski definition) is 4. The normalized spacial score (nSPS) is 20.5. The van der Waals surface area contributed by atoms with Crippen molar-refractivity contribution in [1.82, 2.24) is 4.90 Å². The number of carbonyl (C=O) groups excluding carboxylic acids is 1. The number of hydrogen-bond donors (Lipinski definition) is 1. The van der Waals surface area contributed by atoms with Crippen LogP contribution in [0.15, 0.2) is 30.9 Å². The van der Waals surface area contributed by atoms with Gasteiger partial charge >= 0.3 is 5.97 Å². The number of benzene rings is 1. The molecule has 1 aromatic rings. The molecule has 0 saturated heterocycles. The van der Waals surface area contributed by atoms with Crippen molar-refractivity contribution in [3.8, 4) is 5.75 Å². The summed E-state index contributed by atoms with van der Waals surface area (Å²) in [6, 6.07) is 5.40. The van der Waals surface area contributed by atoms with Gasteiger partial charge in [-0.1, -0.05) is 19.1 Å². The molecule has 2 rings (SSSR count). The highest BCUT2D eigenvalue weighted by molar-refractivity contribution is 5.82. The van der Waals surface area contributed by atoms with Crippen molar-refractivity contribution in [3.63, 3.8) is 0 Å². The Morgan fingerprint density at radius 1 is 1.50 bits per heavy atom. The van der Waals surface area contributed by atoms with Crippen LogP contribution in [0.1, 0.15) is 30.9 Å². The van der Waals surface area contributed by atoms with Gasteiger partial charge in [0.05, 0.1) is 7.11 Å². The minimum absolute atomic E-state index is 0.179. The van der Waals surface area contributed by atoms with Crippen LogP contribution in [-0.4, -0.2) is 41.7 Å². The number of phenolic OH excluding ortho intramolecular Hbond substituents is 1. The van der Waals surface area contributed by atoms with Crippen LogP contribution in [0, 0.1) is 0 Å². The topological polar surface area (TPSA) is 49.8 Å². The van der Waals surface area contributed by atoms with E-state index in [2.05, 4.69) is 18.4 Å². The molecule has 4 heteroatoms. The number of fused-ring (bicyclic) bond motifs is 1. The van der Waals surface area contributed by atoms with Crippen LogP contribution >= 0.6 is 0 Å². The fourth-order valence-electron chi connectivity index (χ4n) is 3.43. The number of aromatic hydroxyl groups is 1. The largest absolute Gasteiger partial charge is 0.508 e. The van der Waals surface area contributed by atoms with Gasteiger partial charge in [0.25, 0.3) is 0 Å². The second-order valence-electron chi connectivity index (χ2n) is 5.89. The number of ether oxygens (including phenoxy) is 1. The first kappa shape index (κ1) is 16.6. The van der Waals surface area contributed by atoms with E-state index in [-0.39, 0.29) is 11.7 Å². The summed E-state index contributed by atoms with van der Waals surface area (Å²) in [6.07, 6.45) is 4.88. The summed E-state index contributed by atoms with van der Waals surface area (Å²) in [5, 5.41) is 9.64. The quantitative estimate of drug-likeness (QED) is 0.648. The van der Waals surface area contributed by atoms with E-state index in [1.54, 1.807) is 12.1 Å². The second-order valence-corrected chi connectivity index (χ2v) is 5.89. The molecule has 0 aliphatic heterocycles. The lowest BCUT2D eigenvalue weighted by Crippen LogP contribution is -2.58. The minimum Gasteiger partial charge on any atom is -0.508 e. The number of phenols is 1. The maximum Gasteiger partial charge on any atom is 0.326 e. The van der Waals surface area contributed by atoms with Gasteiger partial charge in [-0.05, 0) is 49.1 Å². The molecule has 0 spiro atoms. The van der Waals surface area contributed by atoms with Crippen molar-refractivity contribution in [2.75, 3.05) is 20.2 Å². The average molecular weight is 303 g/mol. The molecule has 0 fully saturated rings. The molecule has 4 nitrogen and oxygen atoms in total. The van der Waals surface area contributed by atoms with Crippen molar-refractivity contribution < 1.29 is 14.6 Å². The zero-order valence-corrected chi connectivity index (χ0v) is 13.5. The molecule has 1 aliphatic rings. The van der Waals surface area contributed by atoms with Gasteiger partial charge in [0.1, 0.15) is 11.3 Å². The number of carbonyl (C=O) groups is 1. The first-order chi connectivity index (χ1) is 10.6. The number of nitrogens with zero attached hydrogens (tertiary/aromatic N) is 1. The molecule has 0 bridgehead atoms. The molecule has 0 heterocycles. The monoisotopic (exact) mass is 303 g/mol. The average Bonchev–Trinajstić information content (AvgIpc) is 2.53. The second kappa shape index (κ2) is 6.97. The highest BCUT2D eigenvalue weighted by atomic mass is 16.5. The fourth-order valence-corrected chi connectivity index (χ4v) is 3.43. The van der Waals surface area contributed by atoms with E-state index in [9.17, 15) is 9.90 Å². The van der Waals surface area contributed by atoms with E-state index < -0.39 is 5.54 Å². The van der Waals surface area contributed by atoms with Gasteiger partial charge in [-0.2, -0.15) is 0 Å². The Kier molecular flexibility index (Phi) is 5.24. The van der Waals surface area contributed by atoms with E-state index in [1.807, 2.05) is 12.1 Å². The van der Waals surface area contributed by atoms with Gasteiger partial charge in [-0.3, -0.25) is 9.69 Å². The molecule has 1 aromatic carbocycles. The Bertz CT molecular complexity index is 555. The smallest absolute Gasteiger partial charge is 0.326 e. The summed E-state index contributed by atoms with van der Waals surface area (Å²) in [5.41, 5.74) is 1.59. The van der Waals surface area contributed by atoms with Crippen LogP contribution in [0.5, 0.6) is 5.75 Å². The number of aryl methyl sites for hydroxylation is 1. The van der Waals surface area contributed by atoms with Gasteiger partial charge in [0.2, 0.25) is 0 Å². The Morgan fingerprint density at radius 3 is 2.91 bits per heavy atom. The van der Waals surface area contributed by atoms with Crippen molar-refractivity contribution in [2.24, 2.45) is 0 Å². The van der Waals surface area contributed by atoms with E-state index >= 15 is 0 Å². The maximum absolute atomic E-state index is 12.6. The molecule has 1 N–H and O–H groups in total. The van der Waals surface area contributed by atoms with Crippen molar-refractivity contribution >= 4 is 5.97 Å². The van der Waals surface area contributed by atoms with Gasteiger partial charge in [0, 0.05) is 13.0 Å². The lowest BCUT2D eigenvalue weighted by atomic mass is 9.76. The summed E-state index contributed by atoms with van der Waals surface area (Å²) in [7, 11) is 1.45. The van der Waals surface area contributed by atoms with E-state index in [1.165, 1.54) is 7.11 Å². The molecule has 0 radical (unpaired) electrons. The number of esters is 1. The SMILES string of the molecule is C=CCN(CCC)C1(C(=O)OC)CCc2cc(O)ccc2C1. The molecule has 1 aliphatic carbocycles. The third-order valence-corrected chi connectivity index (χ3v) is 4.49. The zero-order chi connectivity index (χ0) is 16.2. The summed E-state index contributed by atoms with van der Waals surface area (Å²) >= 11 is 0. The molecular formula is C18H25NO3. The molecule has 22 heavy (non-hydrogen) atoms. The zero-order valence-electron chi connectivity index (χ0n) is 13.5. The molecule has 0 saturated carbocycles. The predicted octanol–water partition coefficient (Wildman–Crippen LogP) is 2.69. The summed E-state index contributed by atoms with van der Waals surface area (Å²) in [5.74, 6) is 0.0994. The summed E-state index contributed by atoms with van der Waals surface area (Å²) in [6.45, 7) is 7.42. The molecule has 0 amide bonds. The van der Waals surface area contributed by atoms with E-state index in [4.69, 9.17) is 4.74 Å². The van der Waals surface area contributed by atoms with Crippen molar-refractivity contribution in [1.29, 1.82) is 0 Å². The summed E-state index contributed by atoms with van der Waals surface area (Å²) < 4.78 is 5.14. The van der Waals surface area contributed by atoms with E-state index in [0.717, 1.165) is 30.5 Å². The summed E-state index contributed by atoms with van der Waals surface area (Å²) in [4.78, 5) is 14.8. The molecule has 0 aromatic heterocycles. The van der Waals surface area contributed by atoms with Crippen LogP contribution in [-0.2, 0) is 22.4 Å². The van der Waals surface area contributed by atoms with Crippen LogP contribution in [0.2, 0.25) is 0 Å². The number of methoxy groups -OCH3 is 1. The Hall–Kier alpha value is -1.81. The standard InChI is InChI=1S/C18H25NO3/c1-4-10-19(11-5-2)18(17(21)22-3)9-8-14-12-16(20)7-6-15(14)13-18/h4,6-7,12,20H,1,5,8-11,13H2,2-3H3. The third-order valence-electron chi connectivity index (χ3n) is 4.49.